The van der Waals surface area contributed by atoms with E-state index in [2.05, 4.69) is 10.6 Å². The van der Waals surface area contributed by atoms with Gasteiger partial charge in [-0.05, 0) is 50.1 Å². The average Bonchev–Trinajstić information content (AvgIpc) is 2.74. The number of nitrogens with zero attached hydrogens (tertiary/aromatic N) is 1. The number of aliphatic carboxylic acids is 1. The molecule has 2 saturated heterocycles. The highest BCUT2D eigenvalue weighted by Gasteiger charge is 2.43. The van der Waals surface area contributed by atoms with Crippen molar-refractivity contribution in [3.05, 3.63) is 23.8 Å². The van der Waals surface area contributed by atoms with Gasteiger partial charge in [0.25, 0.3) is 5.91 Å². The Hall–Kier alpha value is -2.75. The molecule has 0 aliphatic carbocycles. The summed E-state index contributed by atoms with van der Waals surface area (Å²) in [6.45, 7) is 0.312. The summed E-state index contributed by atoms with van der Waals surface area (Å²) in [5, 5.41) is 16.2. The van der Waals surface area contributed by atoms with E-state index in [-0.39, 0.29) is 36.6 Å². The molecule has 0 aromatic heterocycles. The standard InChI is InChI=1S/C20H25N3O6S/c1-29-16-10-12(30-2)3-4-13(16)18(26)21-11-7-8-23-15(9-11)19(27)22-14(20(23)28)5-6-17(24)25/h3-4,10-11,14-15H,5-9H2,1-2H3,(H,21,26)(H,22,27)(H,24,25)/p-1/t11-,14-,15-/m0/s1. The fourth-order valence-corrected chi connectivity index (χ4v) is 4.27. The van der Waals surface area contributed by atoms with Gasteiger partial charge in [-0.2, -0.15) is 0 Å². The van der Waals surface area contributed by atoms with Crippen LogP contribution in [0.4, 0.5) is 0 Å². The van der Waals surface area contributed by atoms with Gasteiger partial charge in [-0.3, -0.25) is 14.4 Å². The van der Waals surface area contributed by atoms with E-state index in [1.54, 1.807) is 23.9 Å². The largest absolute Gasteiger partial charge is 0.550 e. The van der Waals surface area contributed by atoms with Crippen molar-refractivity contribution in [2.75, 3.05) is 19.9 Å². The minimum Gasteiger partial charge on any atom is -0.550 e. The number of piperazine rings is 1. The minimum absolute atomic E-state index is 0.00211. The van der Waals surface area contributed by atoms with Crippen LogP contribution in [0.5, 0.6) is 5.75 Å². The maximum Gasteiger partial charge on any atom is 0.255 e. The number of hydrogen-bond donors (Lipinski definition) is 2. The van der Waals surface area contributed by atoms with Crippen LogP contribution in [0.3, 0.4) is 0 Å². The lowest BCUT2D eigenvalue weighted by Gasteiger charge is -2.44. The van der Waals surface area contributed by atoms with E-state index in [0.29, 0.717) is 30.7 Å². The fourth-order valence-electron chi connectivity index (χ4n) is 3.85. The van der Waals surface area contributed by atoms with Crippen LogP contribution in [0.15, 0.2) is 23.1 Å². The van der Waals surface area contributed by atoms with E-state index in [1.165, 1.54) is 12.0 Å². The summed E-state index contributed by atoms with van der Waals surface area (Å²) in [4.78, 5) is 51.0. The van der Waals surface area contributed by atoms with Gasteiger partial charge in [0, 0.05) is 23.5 Å². The van der Waals surface area contributed by atoms with Gasteiger partial charge in [0.2, 0.25) is 11.8 Å². The molecule has 1 aromatic rings. The Bertz CT molecular complexity index is 861. The zero-order chi connectivity index (χ0) is 21.8. The van der Waals surface area contributed by atoms with Crippen LogP contribution >= 0.6 is 11.8 Å². The number of amides is 3. The van der Waals surface area contributed by atoms with Crippen LogP contribution < -0.4 is 20.5 Å². The van der Waals surface area contributed by atoms with Gasteiger partial charge >= 0.3 is 0 Å². The SMILES string of the molecule is COc1cc(SC)ccc1C(=O)N[C@H]1CCN2C(=O)[C@H](CCC(=O)[O-])NC(=O)[C@@H]2C1. The number of fused-ring (bicyclic) bond motifs is 1. The van der Waals surface area contributed by atoms with Gasteiger partial charge in [-0.1, -0.05) is 0 Å². The third kappa shape index (κ3) is 4.69. The molecule has 3 amide bonds. The Kier molecular flexibility index (Phi) is 6.86. The van der Waals surface area contributed by atoms with Crippen molar-refractivity contribution in [3.63, 3.8) is 0 Å². The van der Waals surface area contributed by atoms with Crippen molar-refractivity contribution in [2.45, 2.75) is 48.7 Å². The summed E-state index contributed by atoms with van der Waals surface area (Å²) in [6, 6.07) is 3.52. The smallest absolute Gasteiger partial charge is 0.255 e. The van der Waals surface area contributed by atoms with Crippen LogP contribution in [-0.2, 0) is 14.4 Å². The lowest BCUT2D eigenvalue weighted by molar-refractivity contribution is -0.305. The molecule has 30 heavy (non-hydrogen) atoms. The molecule has 0 spiro atoms. The molecular weight excluding hydrogens is 410 g/mol. The average molecular weight is 434 g/mol. The molecule has 2 aliphatic heterocycles. The van der Waals surface area contributed by atoms with Crippen molar-refractivity contribution in [1.82, 2.24) is 15.5 Å². The van der Waals surface area contributed by atoms with Crippen molar-refractivity contribution < 1.29 is 29.0 Å². The molecule has 0 unspecified atom stereocenters. The summed E-state index contributed by atoms with van der Waals surface area (Å²) in [5.41, 5.74) is 0.407. The maximum absolute atomic E-state index is 12.8. The predicted molar refractivity (Wildman–Crippen MR) is 107 cm³/mol. The van der Waals surface area contributed by atoms with Gasteiger partial charge in [-0.25, -0.2) is 0 Å². The number of nitrogens with one attached hydrogen (secondary N) is 2. The number of benzene rings is 1. The van der Waals surface area contributed by atoms with Crippen molar-refractivity contribution in [1.29, 1.82) is 0 Å². The number of carbonyl (C=O) groups is 4. The Morgan fingerprint density at radius 3 is 2.80 bits per heavy atom. The molecule has 9 nitrogen and oxygen atoms in total. The highest BCUT2D eigenvalue weighted by Crippen LogP contribution is 2.27. The molecule has 1 aromatic carbocycles. The first-order valence-electron chi connectivity index (χ1n) is 9.67. The highest BCUT2D eigenvalue weighted by molar-refractivity contribution is 7.98. The lowest BCUT2D eigenvalue weighted by Crippen LogP contribution is -2.66. The number of thioether (sulfide) groups is 1. The summed E-state index contributed by atoms with van der Waals surface area (Å²) in [7, 11) is 1.50. The van der Waals surface area contributed by atoms with Gasteiger partial charge < -0.3 is 30.2 Å². The van der Waals surface area contributed by atoms with Gasteiger partial charge in [-0.15, -0.1) is 11.8 Å². The summed E-state index contributed by atoms with van der Waals surface area (Å²) in [5.74, 6) is -1.72. The zero-order valence-corrected chi connectivity index (χ0v) is 17.6. The molecule has 3 rings (SSSR count). The van der Waals surface area contributed by atoms with E-state index in [4.69, 9.17) is 4.74 Å². The van der Waals surface area contributed by atoms with Crippen LogP contribution in [0, 0.1) is 0 Å². The van der Waals surface area contributed by atoms with Crippen LogP contribution in [0.1, 0.15) is 36.0 Å². The van der Waals surface area contributed by atoms with Gasteiger partial charge in [0.15, 0.2) is 0 Å². The van der Waals surface area contributed by atoms with Gasteiger partial charge in [0.1, 0.15) is 17.8 Å². The Morgan fingerprint density at radius 2 is 2.13 bits per heavy atom. The van der Waals surface area contributed by atoms with Crippen molar-refractivity contribution in [3.8, 4) is 5.75 Å². The molecule has 2 fully saturated rings. The van der Waals surface area contributed by atoms with Crippen LogP contribution in [-0.4, -0.2) is 66.6 Å². The predicted octanol–water partition coefficient (Wildman–Crippen LogP) is -0.465. The second-order valence-corrected chi connectivity index (χ2v) is 8.16. The lowest BCUT2D eigenvalue weighted by atomic mass is 9.92. The molecule has 0 bridgehead atoms. The first-order chi connectivity index (χ1) is 14.3. The van der Waals surface area contributed by atoms with E-state index in [9.17, 15) is 24.3 Å². The summed E-state index contributed by atoms with van der Waals surface area (Å²) in [6.07, 6.45) is 2.43. The minimum atomic E-state index is -1.26. The van der Waals surface area contributed by atoms with E-state index >= 15 is 0 Å². The first-order valence-corrected chi connectivity index (χ1v) is 10.9. The van der Waals surface area contributed by atoms with E-state index in [1.807, 2.05) is 12.3 Å². The molecule has 0 radical (unpaired) electrons. The number of carbonyl (C=O) groups excluding carboxylic acids is 4. The maximum atomic E-state index is 12.8. The quantitative estimate of drug-likeness (QED) is 0.556. The number of carboxylic acid groups (broad SMARTS) is 1. The molecule has 2 heterocycles. The molecule has 2 aliphatic rings. The number of ether oxygens (including phenoxy) is 1. The fraction of sp³-hybridized carbons (Fsp3) is 0.500. The molecule has 0 saturated carbocycles. The second-order valence-electron chi connectivity index (χ2n) is 7.28. The number of hydrogen-bond acceptors (Lipinski definition) is 7. The van der Waals surface area contributed by atoms with Crippen molar-refractivity contribution >= 4 is 35.5 Å². The highest BCUT2D eigenvalue weighted by atomic mass is 32.2. The summed E-state index contributed by atoms with van der Waals surface area (Å²) >= 11 is 1.54. The van der Waals surface area contributed by atoms with E-state index < -0.39 is 18.1 Å². The third-order valence-corrected chi connectivity index (χ3v) is 6.15. The molecule has 3 atom stereocenters. The van der Waals surface area contributed by atoms with Gasteiger partial charge in [0.05, 0.1) is 12.7 Å². The number of rotatable bonds is 7. The molecule has 2 N–H and O–H groups in total. The third-order valence-electron chi connectivity index (χ3n) is 5.43. The normalized spacial score (nSPS) is 23.4. The van der Waals surface area contributed by atoms with Crippen LogP contribution in [0.25, 0.3) is 0 Å². The molecule has 10 heteroatoms. The zero-order valence-electron chi connectivity index (χ0n) is 16.8. The first kappa shape index (κ1) is 21.9. The Labute approximate surface area is 178 Å². The monoisotopic (exact) mass is 434 g/mol. The molecular formula is C20H24N3O6S-. The Morgan fingerprint density at radius 1 is 1.37 bits per heavy atom. The number of piperidine rings is 1. The Balaban J connectivity index is 1.64. The van der Waals surface area contributed by atoms with Crippen molar-refractivity contribution in [2.24, 2.45) is 0 Å². The summed E-state index contributed by atoms with van der Waals surface area (Å²) < 4.78 is 5.33. The van der Waals surface area contributed by atoms with E-state index in [0.717, 1.165) is 4.90 Å². The molecule has 162 valence electrons. The van der Waals surface area contributed by atoms with Crippen LogP contribution in [0.2, 0.25) is 0 Å². The number of carboxylic acids is 1. The second kappa shape index (κ2) is 9.38. The number of methoxy groups -OCH3 is 1. The topological polar surface area (TPSA) is 128 Å².